The van der Waals surface area contributed by atoms with Crippen LogP contribution in [0.5, 0.6) is 0 Å². The summed E-state index contributed by atoms with van der Waals surface area (Å²) in [5, 5.41) is 6.95. The SMILES string of the molecule is CCNC(=NCCN(C)CCOC)NC1CCN(c2ccccc2Br)C1.I. The van der Waals surface area contributed by atoms with Gasteiger partial charge in [-0.3, -0.25) is 4.99 Å². The number of hydrogen-bond donors (Lipinski definition) is 2. The maximum Gasteiger partial charge on any atom is 0.191 e. The molecule has 0 radical (unpaired) electrons. The second-order valence-electron chi connectivity index (χ2n) is 6.58. The molecule has 1 atom stereocenters. The predicted molar refractivity (Wildman–Crippen MR) is 129 cm³/mol. The van der Waals surface area contributed by atoms with Gasteiger partial charge in [0.25, 0.3) is 0 Å². The number of nitrogens with zero attached hydrogens (tertiary/aromatic N) is 3. The number of nitrogens with one attached hydrogen (secondary N) is 2. The molecule has 0 spiro atoms. The Bertz CT molecular complexity index is 575. The first-order chi connectivity index (χ1) is 12.6. The molecule has 1 aliphatic heterocycles. The van der Waals surface area contributed by atoms with Crippen LogP contribution in [0.2, 0.25) is 0 Å². The Balaban J connectivity index is 0.00000364. The molecular formula is C19H33BrIN5O. The first-order valence-corrected chi connectivity index (χ1v) is 10.1. The third-order valence-corrected chi connectivity index (χ3v) is 5.17. The highest BCUT2D eigenvalue weighted by Gasteiger charge is 2.24. The van der Waals surface area contributed by atoms with Crippen LogP contribution in [0.3, 0.4) is 0 Å². The normalized spacial score (nSPS) is 17.1. The topological polar surface area (TPSA) is 52.1 Å². The van der Waals surface area contributed by atoms with Gasteiger partial charge in [0, 0.05) is 50.3 Å². The van der Waals surface area contributed by atoms with Gasteiger partial charge in [-0.1, -0.05) is 12.1 Å². The predicted octanol–water partition coefficient (Wildman–Crippen LogP) is 2.78. The minimum Gasteiger partial charge on any atom is -0.383 e. The van der Waals surface area contributed by atoms with Gasteiger partial charge in [-0.05, 0) is 48.5 Å². The lowest BCUT2D eigenvalue weighted by Gasteiger charge is -2.21. The number of aliphatic imine (C=N–C) groups is 1. The molecule has 154 valence electrons. The van der Waals surface area contributed by atoms with E-state index >= 15 is 0 Å². The number of rotatable bonds is 9. The number of benzene rings is 1. The van der Waals surface area contributed by atoms with Crippen molar-refractivity contribution in [3.05, 3.63) is 28.7 Å². The van der Waals surface area contributed by atoms with Gasteiger partial charge in [-0.2, -0.15) is 0 Å². The minimum absolute atomic E-state index is 0. The zero-order chi connectivity index (χ0) is 18.8. The first-order valence-electron chi connectivity index (χ1n) is 9.35. The fourth-order valence-electron chi connectivity index (χ4n) is 3.01. The van der Waals surface area contributed by atoms with Crippen LogP contribution in [0.4, 0.5) is 5.69 Å². The molecular weight excluding hydrogens is 521 g/mol. The van der Waals surface area contributed by atoms with Crippen LogP contribution in [-0.4, -0.2) is 76.9 Å². The van der Waals surface area contributed by atoms with Gasteiger partial charge < -0.3 is 25.2 Å². The summed E-state index contributed by atoms with van der Waals surface area (Å²) >= 11 is 3.66. The van der Waals surface area contributed by atoms with Crippen LogP contribution in [0.25, 0.3) is 0 Å². The average molecular weight is 554 g/mol. The van der Waals surface area contributed by atoms with E-state index in [9.17, 15) is 0 Å². The Morgan fingerprint density at radius 2 is 2.15 bits per heavy atom. The van der Waals surface area contributed by atoms with Crippen LogP contribution in [-0.2, 0) is 4.74 Å². The maximum atomic E-state index is 5.11. The summed E-state index contributed by atoms with van der Waals surface area (Å²) in [5.41, 5.74) is 1.26. The molecule has 1 aromatic carbocycles. The second kappa shape index (κ2) is 13.6. The molecule has 0 aliphatic carbocycles. The van der Waals surface area contributed by atoms with Crippen LogP contribution < -0.4 is 15.5 Å². The number of ether oxygens (including phenoxy) is 1. The summed E-state index contributed by atoms with van der Waals surface area (Å²) in [6, 6.07) is 8.82. The molecule has 1 aromatic rings. The van der Waals surface area contributed by atoms with Crippen molar-refractivity contribution in [2.75, 3.05) is 64.9 Å². The van der Waals surface area contributed by atoms with Gasteiger partial charge in [-0.25, -0.2) is 0 Å². The van der Waals surface area contributed by atoms with Gasteiger partial charge in [0.05, 0.1) is 18.8 Å². The van der Waals surface area contributed by atoms with E-state index in [4.69, 9.17) is 9.73 Å². The third-order valence-electron chi connectivity index (χ3n) is 4.50. The molecule has 1 fully saturated rings. The van der Waals surface area contributed by atoms with Crippen molar-refractivity contribution in [2.24, 2.45) is 4.99 Å². The molecule has 0 saturated carbocycles. The van der Waals surface area contributed by atoms with Gasteiger partial charge >= 0.3 is 0 Å². The second-order valence-corrected chi connectivity index (χ2v) is 7.44. The van der Waals surface area contributed by atoms with Crippen molar-refractivity contribution in [2.45, 2.75) is 19.4 Å². The molecule has 27 heavy (non-hydrogen) atoms. The maximum absolute atomic E-state index is 5.11. The standard InChI is InChI=1S/C19H32BrN5O.HI/c1-4-21-19(22-10-12-24(2)13-14-26-3)23-16-9-11-25(15-16)18-8-6-5-7-17(18)20;/h5-8,16H,4,9-15H2,1-3H3,(H2,21,22,23);1H. The summed E-state index contributed by atoms with van der Waals surface area (Å²) < 4.78 is 6.26. The highest BCUT2D eigenvalue weighted by molar-refractivity contribution is 14.0. The number of hydrogen-bond acceptors (Lipinski definition) is 4. The Morgan fingerprint density at radius 3 is 2.85 bits per heavy atom. The number of likely N-dealkylation sites (N-methyl/N-ethyl adjacent to an activating group) is 1. The molecule has 8 heteroatoms. The summed E-state index contributed by atoms with van der Waals surface area (Å²) in [6.45, 7) is 8.39. The lowest BCUT2D eigenvalue weighted by atomic mass is 10.3. The van der Waals surface area contributed by atoms with E-state index in [1.165, 1.54) is 5.69 Å². The van der Waals surface area contributed by atoms with Gasteiger partial charge in [0.2, 0.25) is 0 Å². The Labute approximate surface area is 189 Å². The summed E-state index contributed by atoms with van der Waals surface area (Å²) in [6.07, 6.45) is 1.11. The van der Waals surface area contributed by atoms with E-state index in [1.54, 1.807) is 7.11 Å². The van der Waals surface area contributed by atoms with E-state index in [0.717, 1.165) is 62.7 Å². The molecule has 1 unspecified atom stereocenters. The summed E-state index contributed by atoms with van der Waals surface area (Å²) in [5.74, 6) is 0.909. The van der Waals surface area contributed by atoms with Crippen molar-refractivity contribution < 1.29 is 4.74 Å². The molecule has 0 aromatic heterocycles. The van der Waals surface area contributed by atoms with Crippen molar-refractivity contribution in [1.29, 1.82) is 0 Å². The van der Waals surface area contributed by atoms with Crippen molar-refractivity contribution in [1.82, 2.24) is 15.5 Å². The van der Waals surface area contributed by atoms with Crippen molar-refractivity contribution >= 4 is 51.6 Å². The van der Waals surface area contributed by atoms with E-state index < -0.39 is 0 Å². The van der Waals surface area contributed by atoms with Gasteiger partial charge in [0.15, 0.2) is 5.96 Å². The molecule has 0 bridgehead atoms. The van der Waals surface area contributed by atoms with Crippen LogP contribution in [0, 0.1) is 0 Å². The molecule has 2 rings (SSSR count). The molecule has 1 heterocycles. The number of methoxy groups -OCH3 is 1. The van der Waals surface area contributed by atoms with Crippen LogP contribution >= 0.6 is 39.9 Å². The van der Waals surface area contributed by atoms with E-state index in [-0.39, 0.29) is 24.0 Å². The molecule has 1 aliphatic rings. The number of halogens is 2. The monoisotopic (exact) mass is 553 g/mol. The van der Waals surface area contributed by atoms with Crippen LogP contribution in [0.15, 0.2) is 33.7 Å². The minimum atomic E-state index is 0. The molecule has 6 nitrogen and oxygen atoms in total. The fraction of sp³-hybridized carbons (Fsp3) is 0.632. The quantitative estimate of drug-likeness (QED) is 0.280. The van der Waals surface area contributed by atoms with E-state index in [1.807, 2.05) is 0 Å². The van der Waals surface area contributed by atoms with E-state index in [2.05, 4.69) is 74.6 Å². The summed E-state index contributed by atoms with van der Waals surface area (Å²) in [4.78, 5) is 9.38. The highest BCUT2D eigenvalue weighted by Crippen LogP contribution is 2.28. The van der Waals surface area contributed by atoms with Crippen molar-refractivity contribution in [3.63, 3.8) is 0 Å². The largest absolute Gasteiger partial charge is 0.383 e. The lowest BCUT2D eigenvalue weighted by Crippen LogP contribution is -2.45. The third kappa shape index (κ3) is 8.53. The highest BCUT2D eigenvalue weighted by atomic mass is 127. The van der Waals surface area contributed by atoms with Gasteiger partial charge in [0.1, 0.15) is 0 Å². The lowest BCUT2D eigenvalue weighted by molar-refractivity contribution is 0.163. The molecule has 1 saturated heterocycles. The molecule has 0 amide bonds. The summed E-state index contributed by atoms with van der Waals surface area (Å²) in [7, 11) is 3.83. The average Bonchev–Trinajstić information content (AvgIpc) is 3.08. The zero-order valence-corrected chi connectivity index (χ0v) is 20.5. The van der Waals surface area contributed by atoms with Crippen LogP contribution in [0.1, 0.15) is 13.3 Å². The Hall–Kier alpha value is -0.580. The zero-order valence-electron chi connectivity index (χ0n) is 16.6. The number of guanidine groups is 1. The molecule has 2 N–H and O–H groups in total. The Morgan fingerprint density at radius 1 is 1.37 bits per heavy atom. The first kappa shape index (κ1) is 24.5. The van der Waals surface area contributed by atoms with E-state index in [0.29, 0.717) is 6.04 Å². The number of anilines is 1. The smallest absolute Gasteiger partial charge is 0.191 e. The van der Waals surface area contributed by atoms with Gasteiger partial charge in [-0.15, -0.1) is 24.0 Å². The fourth-order valence-corrected chi connectivity index (χ4v) is 3.55. The Kier molecular flexibility index (Phi) is 12.3. The number of para-hydroxylation sites is 1. The van der Waals surface area contributed by atoms with Crippen molar-refractivity contribution in [3.8, 4) is 0 Å².